The second kappa shape index (κ2) is 5.98. The molecule has 24 heavy (non-hydrogen) atoms. The van der Waals surface area contributed by atoms with Gasteiger partial charge < -0.3 is 19.7 Å². The summed E-state index contributed by atoms with van der Waals surface area (Å²) in [6, 6.07) is 7.34. The topological polar surface area (TPSA) is 96.3 Å². The molecule has 1 aliphatic heterocycles. The molecule has 0 amide bonds. The summed E-state index contributed by atoms with van der Waals surface area (Å²) in [6.07, 6.45) is 0.217. The Morgan fingerprint density at radius 1 is 1.08 bits per heavy atom. The van der Waals surface area contributed by atoms with Crippen LogP contribution in [0.25, 0.3) is 0 Å². The van der Waals surface area contributed by atoms with E-state index in [-0.39, 0.29) is 19.5 Å². The van der Waals surface area contributed by atoms with Crippen LogP contribution in [-0.4, -0.2) is 59.9 Å². The Morgan fingerprint density at radius 3 is 2.12 bits per heavy atom. The van der Waals surface area contributed by atoms with E-state index in [1.807, 2.05) is 36.1 Å². The van der Waals surface area contributed by atoms with Gasteiger partial charge in [-0.3, -0.25) is 14.5 Å². The highest BCUT2D eigenvalue weighted by atomic mass is 16.5. The molecule has 7 nitrogen and oxygen atoms in total. The van der Waals surface area contributed by atoms with E-state index in [0.717, 1.165) is 0 Å². The fourth-order valence-corrected chi connectivity index (χ4v) is 3.69. The minimum absolute atomic E-state index is 0.217. The van der Waals surface area contributed by atoms with Gasteiger partial charge in [0, 0.05) is 19.6 Å². The normalized spacial score (nSPS) is 28.2. The van der Waals surface area contributed by atoms with Crippen molar-refractivity contribution in [2.24, 2.45) is 10.8 Å². The van der Waals surface area contributed by atoms with E-state index >= 15 is 0 Å². The molecule has 1 aromatic carbocycles. The quantitative estimate of drug-likeness (QED) is 0.739. The van der Waals surface area contributed by atoms with Crippen molar-refractivity contribution < 1.29 is 29.3 Å². The van der Waals surface area contributed by atoms with Crippen LogP contribution in [0.15, 0.2) is 24.3 Å². The van der Waals surface area contributed by atoms with E-state index < -0.39 is 22.8 Å². The van der Waals surface area contributed by atoms with Gasteiger partial charge in [-0.2, -0.15) is 0 Å². The summed E-state index contributed by atoms with van der Waals surface area (Å²) >= 11 is 0. The van der Waals surface area contributed by atoms with Crippen LogP contribution in [0.2, 0.25) is 0 Å². The first kappa shape index (κ1) is 16.6. The standard InChI is InChI=1S/C17H21NO6/c1-2-23-12-5-3-4-6-13(12)24-8-7-18-10-16(14(19)20)9-17(16,11-18)15(21)22/h3-6H,2,7-11H2,1H3,(H,19,20)(H,21,22)/t16-,17+. The van der Waals surface area contributed by atoms with Gasteiger partial charge in [-0.05, 0) is 25.5 Å². The molecule has 2 fully saturated rings. The van der Waals surface area contributed by atoms with Gasteiger partial charge >= 0.3 is 11.9 Å². The van der Waals surface area contributed by atoms with Crippen molar-refractivity contribution in [1.29, 1.82) is 0 Å². The van der Waals surface area contributed by atoms with E-state index in [9.17, 15) is 19.8 Å². The van der Waals surface area contributed by atoms with E-state index in [1.54, 1.807) is 0 Å². The number of carbonyl (C=O) groups is 2. The molecular weight excluding hydrogens is 314 g/mol. The maximum atomic E-state index is 11.5. The van der Waals surface area contributed by atoms with E-state index in [4.69, 9.17) is 9.47 Å². The zero-order valence-electron chi connectivity index (χ0n) is 13.5. The summed E-state index contributed by atoms with van der Waals surface area (Å²) in [4.78, 5) is 24.8. The van der Waals surface area contributed by atoms with Crippen molar-refractivity contribution in [3.63, 3.8) is 0 Å². The highest BCUT2D eigenvalue weighted by Crippen LogP contribution is 2.68. The third-order valence-corrected chi connectivity index (χ3v) is 5.01. The van der Waals surface area contributed by atoms with E-state index in [0.29, 0.717) is 31.3 Å². The maximum Gasteiger partial charge on any atom is 0.312 e. The van der Waals surface area contributed by atoms with Crippen molar-refractivity contribution in [2.75, 3.05) is 32.8 Å². The first-order valence-corrected chi connectivity index (χ1v) is 7.99. The number of carboxylic acids is 2. The van der Waals surface area contributed by atoms with Crippen LogP contribution in [0.3, 0.4) is 0 Å². The van der Waals surface area contributed by atoms with Crippen LogP contribution in [0, 0.1) is 10.8 Å². The maximum absolute atomic E-state index is 11.5. The molecule has 0 unspecified atom stereocenters. The average molecular weight is 335 g/mol. The number of likely N-dealkylation sites (tertiary alicyclic amines) is 1. The highest BCUT2D eigenvalue weighted by Gasteiger charge is 2.80. The van der Waals surface area contributed by atoms with Gasteiger partial charge in [-0.15, -0.1) is 0 Å². The van der Waals surface area contributed by atoms with Crippen molar-refractivity contribution in [3.8, 4) is 11.5 Å². The van der Waals surface area contributed by atoms with Crippen LogP contribution in [0.5, 0.6) is 11.5 Å². The molecule has 0 bridgehead atoms. The molecule has 1 saturated heterocycles. The lowest BCUT2D eigenvalue weighted by atomic mass is 9.97. The molecular formula is C17H21NO6. The zero-order valence-corrected chi connectivity index (χ0v) is 13.5. The van der Waals surface area contributed by atoms with Crippen molar-refractivity contribution in [1.82, 2.24) is 4.90 Å². The predicted octanol–water partition coefficient (Wildman–Crippen LogP) is 1.33. The van der Waals surface area contributed by atoms with Crippen LogP contribution >= 0.6 is 0 Å². The molecule has 1 aromatic rings. The van der Waals surface area contributed by atoms with E-state index in [1.165, 1.54) is 0 Å². The molecule has 0 radical (unpaired) electrons. The molecule has 1 saturated carbocycles. The summed E-state index contributed by atoms with van der Waals surface area (Å²) in [6.45, 7) is 3.76. The summed E-state index contributed by atoms with van der Waals surface area (Å²) in [7, 11) is 0. The largest absolute Gasteiger partial charge is 0.490 e. The van der Waals surface area contributed by atoms with Gasteiger partial charge in [0.2, 0.25) is 0 Å². The fraction of sp³-hybridized carbons (Fsp3) is 0.529. The molecule has 3 rings (SSSR count). The second-order valence-electron chi connectivity index (χ2n) is 6.39. The molecule has 2 N–H and O–H groups in total. The van der Waals surface area contributed by atoms with Crippen molar-refractivity contribution >= 4 is 11.9 Å². The lowest BCUT2D eigenvalue weighted by Gasteiger charge is -2.20. The SMILES string of the molecule is CCOc1ccccc1OCCN1C[C@@]2(C(=O)O)C[C@@]2(C(=O)O)C1. The average Bonchev–Trinajstić information content (AvgIpc) is 3.09. The summed E-state index contributed by atoms with van der Waals surface area (Å²) in [5.41, 5.74) is -2.27. The number of fused-ring (bicyclic) bond motifs is 1. The number of carboxylic acid groups (broad SMARTS) is 2. The van der Waals surface area contributed by atoms with Gasteiger partial charge in [0.15, 0.2) is 11.5 Å². The van der Waals surface area contributed by atoms with Gasteiger partial charge in [-0.25, -0.2) is 0 Å². The van der Waals surface area contributed by atoms with E-state index in [2.05, 4.69) is 0 Å². The third kappa shape index (κ3) is 2.49. The molecule has 2 aliphatic rings. The summed E-state index contributed by atoms with van der Waals surface area (Å²) in [5.74, 6) is -0.747. The Hall–Kier alpha value is -2.28. The summed E-state index contributed by atoms with van der Waals surface area (Å²) in [5, 5.41) is 18.8. The van der Waals surface area contributed by atoms with Gasteiger partial charge in [0.1, 0.15) is 6.61 Å². The van der Waals surface area contributed by atoms with Crippen LogP contribution < -0.4 is 9.47 Å². The Bertz CT molecular complexity index is 634. The van der Waals surface area contributed by atoms with Crippen LogP contribution in [0.1, 0.15) is 13.3 Å². The Balaban J connectivity index is 1.58. The Kier molecular flexibility index (Phi) is 4.13. The molecule has 130 valence electrons. The number of hydrogen-bond donors (Lipinski definition) is 2. The Labute approximate surface area is 139 Å². The minimum atomic E-state index is -1.14. The number of nitrogens with zero attached hydrogens (tertiary/aromatic N) is 1. The number of rotatable bonds is 8. The first-order chi connectivity index (χ1) is 11.4. The van der Waals surface area contributed by atoms with Gasteiger partial charge in [0.25, 0.3) is 0 Å². The van der Waals surface area contributed by atoms with Gasteiger partial charge in [0.05, 0.1) is 17.4 Å². The zero-order chi connectivity index (χ0) is 17.4. The van der Waals surface area contributed by atoms with Crippen LogP contribution in [0.4, 0.5) is 0 Å². The number of para-hydroxylation sites is 2. The highest BCUT2D eigenvalue weighted by molar-refractivity contribution is 5.94. The number of ether oxygens (including phenoxy) is 2. The number of aliphatic carboxylic acids is 2. The summed E-state index contributed by atoms with van der Waals surface area (Å²) < 4.78 is 11.2. The fourth-order valence-electron chi connectivity index (χ4n) is 3.69. The smallest absolute Gasteiger partial charge is 0.312 e. The first-order valence-electron chi connectivity index (χ1n) is 7.99. The Morgan fingerprint density at radius 2 is 1.62 bits per heavy atom. The molecule has 2 atom stereocenters. The molecule has 0 spiro atoms. The van der Waals surface area contributed by atoms with Crippen molar-refractivity contribution in [3.05, 3.63) is 24.3 Å². The molecule has 1 aliphatic carbocycles. The van der Waals surface area contributed by atoms with Crippen molar-refractivity contribution in [2.45, 2.75) is 13.3 Å². The predicted molar refractivity (Wildman–Crippen MR) is 84.3 cm³/mol. The van der Waals surface area contributed by atoms with Gasteiger partial charge in [-0.1, -0.05) is 12.1 Å². The van der Waals surface area contributed by atoms with Crippen LogP contribution in [-0.2, 0) is 9.59 Å². The number of hydrogen-bond acceptors (Lipinski definition) is 5. The molecule has 0 aromatic heterocycles. The lowest BCUT2D eigenvalue weighted by molar-refractivity contribution is -0.151. The second-order valence-corrected chi connectivity index (χ2v) is 6.39. The lowest BCUT2D eigenvalue weighted by Crippen LogP contribution is -2.32. The number of piperidine rings is 1. The molecule has 7 heteroatoms. The monoisotopic (exact) mass is 335 g/mol. The minimum Gasteiger partial charge on any atom is -0.490 e. The molecule has 1 heterocycles. The number of benzene rings is 1. The third-order valence-electron chi connectivity index (χ3n) is 5.01.